The molecule has 1 aliphatic rings. The highest BCUT2D eigenvalue weighted by atomic mass is 19.3. The van der Waals surface area contributed by atoms with E-state index in [4.69, 9.17) is 20.7 Å². The highest BCUT2D eigenvalue weighted by Gasteiger charge is 2.33. The Kier molecular flexibility index (Phi) is 16.1. The maximum atomic E-state index is 12.7. The van der Waals surface area contributed by atoms with Crippen molar-refractivity contribution < 1.29 is 28.5 Å². The van der Waals surface area contributed by atoms with Crippen LogP contribution in [0, 0.1) is 6.92 Å². The zero-order valence-corrected chi connectivity index (χ0v) is 24.4. The number of carboxylic acids is 1. The number of aliphatic hydroxyl groups is 1. The Balaban J connectivity index is 0.00000242. The standard InChI is InChI=1S/C26H43F2N5O3.C2H6O/c1-6-7-11-30-25-22(19(3)31(4)26(29)32(25)5)15-20-9-10-21(14-18(20)2)36-13-8-12-33(16-23(27)28)17-24(34)35;1-2-3/h9-10,14,23,25-26,30H,6-8,11-13,15-17,29H2,1-5H3,(H,34,35);3H,2H2,1H3. The first-order valence-corrected chi connectivity index (χ1v) is 13.6. The Labute approximate surface area is 232 Å². The number of ether oxygens (including phenoxy) is 1. The molecule has 9 nitrogen and oxygen atoms in total. The van der Waals surface area contributed by atoms with Gasteiger partial charge >= 0.3 is 5.97 Å². The molecule has 39 heavy (non-hydrogen) atoms. The van der Waals surface area contributed by atoms with Gasteiger partial charge in [0.2, 0.25) is 0 Å². The summed E-state index contributed by atoms with van der Waals surface area (Å²) in [6.45, 7) is 8.79. The van der Waals surface area contributed by atoms with Crippen LogP contribution < -0.4 is 15.8 Å². The molecule has 0 spiro atoms. The van der Waals surface area contributed by atoms with Gasteiger partial charge in [0.25, 0.3) is 6.43 Å². The predicted octanol–water partition coefficient (Wildman–Crippen LogP) is 3.07. The molecule has 0 fully saturated rings. The smallest absolute Gasteiger partial charge is 0.317 e. The molecule has 0 aromatic heterocycles. The first-order valence-electron chi connectivity index (χ1n) is 13.6. The van der Waals surface area contributed by atoms with Crippen molar-refractivity contribution in [3.63, 3.8) is 0 Å². The van der Waals surface area contributed by atoms with Gasteiger partial charge in [-0.3, -0.25) is 25.6 Å². The molecule has 1 aromatic carbocycles. The summed E-state index contributed by atoms with van der Waals surface area (Å²) >= 11 is 0. The Morgan fingerprint density at radius 2 is 1.90 bits per heavy atom. The van der Waals surface area contributed by atoms with E-state index in [9.17, 15) is 13.6 Å². The number of benzene rings is 1. The molecular weight excluding hydrogens is 508 g/mol. The molecule has 11 heteroatoms. The number of alkyl halides is 2. The van der Waals surface area contributed by atoms with Crippen LogP contribution in [0.5, 0.6) is 5.75 Å². The number of allylic oxidation sites excluding steroid dienone is 1. The van der Waals surface area contributed by atoms with E-state index in [0.29, 0.717) is 18.8 Å². The van der Waals surface area contributed by atoms with Gasteiger partial charge < -0.3 is 19.8 Å². The second-order valence-corrected chi connectivity index (χ2v) is 9.81. The van der Waals surface area contributed by atoms with Gasteiger partial charge in [-0.2, -0.15) is 0 Å². The molecule has 0 saturated heterocycles. The minimum atomic E-state index is -2.57. The minimum Gasteiger partial charge on any atom is -0.494 e. The van der Waals surface area contributed by atoms with E-state index in [1.165, 1.54) is 21.7 Å². The van der Waals surface area contributed by atoms with Crippen molar-refractivity contribution in [1.82, 2.24) is 20.0 Å². The van der Waals surface area contributed by atoms with Crippen molar-refractivity contribution in [2.75, 3.05) is 53.5 Å². The van der Waals surface area contributed by atoms with E-state index >= 15 is 0 Å². The largest absolute Gasteiger partial charge is 0.494 e. The summed E-state index contributed by atoms with van der Waals surface area (Å²) in [5.74, 6) is -0.411. The number of aliphatic carboxylic acids is 1. The third-order valence-corrected chi connectivity index (χ3v) is 6.75. The van der Waals surface area contributed by atoms with Crippen LogP contribution in [0.4, 0.5) is 8.78 Å². The average molecular weight is 558 g/mol. The monoisotopic (exact) mass is 557 g/mol. The SMILES string of the molecule is CCCCNC1C(Cc2ccc(OCCCN(CC(=O)O)CC(F)F)cc2C)=C(C)N(C)C(N)N1C.CCO. The number of hydrogen-bond acceptors (Lipinski definition) is 8. The van der Waals surface area contributed by atoms with E-state index in [1.807, 2.05) is 26.2 Å². The van der Waals surface area contributed by atoms with E-state index in [2.05, 4.69) is 42.0 Å². The maximum absolute atomic E-state index is 12.7. The summed E-state index contributed by atoms with van der Waals surface area (Å²) in [4.78, 5) is 16.4. The van der Waals surface area contributed by atoms with Crippen molar-refractivity contribution in [3.8, 4) is 5.75 Å². The summed E-state index contributed by atoms with van der Waals surface area (Å²) in [5, 5.41) is 20.1. The summed E-state index contributed by atoms with van der Waals surface area (Å²) in [6, 6.07) is 5.98. The topological polar surface area (TPSA) is 115 Å². The number of carbonyl (C=O) groups is 1. The number of aryl methyl sites for hydroxylation is 1. The Morgan fingerprint density at radius 3 is 2.46 bits per heavy atom. The molecule has 0 radical (unpaired) electrons. The third-order valence-electron chi connectivity index (χ3n) is 6.75. The summed E-state index contributed by atoms with van der Waals surface area (Å²) in [5.41, 5.74) is 11.2. The zero-order valence-electron chi connectivity index (χ0n) is 24.4. The predicted molar refractivity (Wildman–Crippen MR) is 151 cm³/mol. The van der Waals surface area contributed by atoms with Crippen molar-refractivity contribution >= 4 is 5.97 Å². The average Bonchev–Trinajstić information content (AvgIpc) is 2.86. The lowest BCUT2D eigenvalue weighted by Gasteiger charge is -2.46. The van der Waals surface area contributed by atoms with Gasteiger partial charge in [0.05, 0.1) is 25.9 Å². The molecule has 2 unspecified atom stereocenters. The molecule has 2 rings (SSSR count). The van der Waals surface area contributed by atoms with Crippen LogP contribution in [0.2, 0.25) is 0 Å². The van der Waals surface area contributed by atoms with Crippen molar-refractivity contribution in [3.05, 3.63) is 40.6 Å². The van der Waals surface area contributed by atoms with E-state index in [-0.39, 0.29) is 25.6 Å². The molecule has 0 amide bonds. The molecule has 224 valence electrons. The van der Waals surface area contributed by atoms with Crippen LogP contribution in [-0.4, -0.2) is 103 Å². The fourth-order valence-electron chi connectivity index (χ4n) is 4.46. The first kappa shape index (κ1) is 34.7. The van der Waals surface area contributed by atoms with Gasteiger partial charge in [0.15, 0.2) is 0 Å². The normalized spacial score (nSPS) is 18.0. The first-order chi connectivity index (χ1) is 18.5. The Morgan fingerprint density at radius 1 is 1.23 bits per heavy atom. The van der Waals surface area contributed by atoms with Gasteiger partial charge in [-0.15, -0.1) is 0 Å². The van der Waals surface area contributed by atoms with Crippen LogP contribution >= 0.6 is 0 Å². The fraction of sp³-hybridized carbons (Fsp3) is 0.679. The number of nitrogens with two attached hydrogens (primary N) is 1. The number of hydrogen-bond donors (Lipinski definition) is 4. The molecule has 1 aliphatic heterocycles. The van der Waals surface area contributed by atoms with Gasteiger partial charge in [-0.25, -0.2) is 8.78 Å². The number of likely N-dealkylation sites (N-methyl/N-ethyl adjacent to an activating group) is 1. The Bertz CT molecular complexity index is 903. The van der Waals surface area contributed by atoms with Gasteiger partial charge in [0.1, 0.15) is 12.0 Å². The van der Waals surface area contributed by atoms with E-state index < -0.39 is 25.5 Å². The van der Waals surface area contributed by atoms with Crippen LogP contribution in [0.25, 0.3) is 0 Å². The quantitative estimate of drug-likeness (QED) is 0.242. The summed E-state index contributed by atoms with van der Waals surface area (Å²) < 4.78 is 31.2. The second-order valence-electron chi connectivity index (χ2n) is 9.81. The number of unbranched alkanes of at least 4 members (excludes halogenated alkanes) is 1. The molecule has 0 saturated carbocycles. The molecule has 0 aliphatic carbocycles. The van der Waals surface area contributed by atoms with E-state index in [0.717, 1.165) is 31.4 Å². The lowest BCUT2D eigenvalue weighted by Crippen LogP contribution is -2.62. The maximum Gasteiger partial charge on any atom is 0.317 e. The molecule has 1 heterocycles. The van der Waals surface area contributed by atoms with Crippen LogP contribution in [0.1, 0.15) is 51.2 Å². The highest BCUT2D eigenvalue weighted by Crippen LogP contribution is 2.28. The minimum absolute atomic E-state index is 0.0556. The van der Waals surface area contributed by atoms with Crippen LogP contribution in [-0.2, 0) is 11.2 Å². The highest BCUT2D eigenvalue weighted by molar-refractivity contribution is 5.69. The Hall–Kier alpha value is -2.31. The lowest BCUT2D eigenvalue weighted by molar-refractivity contribution is -0.138. The van der Waals surface area contributed by atoms with Gasteiger partial charge in [-0.1, -0.05) is 19.4 Å². The lowest BCUT2D eigenvalue weighted by atomic mass is 9.95. The number of nitrogens with zero attached hydrogens (tertiary/aromatic N) is 3. The molecular formula is C28H49F2N5O4. The zero-order chi connectivity index (χ0) is 29.5. The van der Waals surface area contributed by atoms with Gasteiger partial charge in [-0.05, 0) is 82.5 Å². The summed E-state index contributed by atoms with van der Waals surface area (Å²) in [6.07, 6.45) is 0.746. The number of carboxylic acid groups (broad SMARTS) is 1. The van der Waals surface area contributed by atoms with Crippen LogP contribution in [0.15, 0.2) is 29.5 Å². The number of aliphatic hydroxyl groups excluding tert-OH is 1. The van der Waals surface area contributed by atoms with Crippen molar-refractivity contribution in [2.24, 2.45) is 5.73 Å². The van der Waals surface area contributed by atoms with Gasteiger partial charge in [0, 0.05) is 25.9 Å². The number of nitrogens with one attached hydrogen (secondary N) is 1. The second kappa shape index (κ2) is 18.1. The molecule has 1 aromatic rings. The molecule has 5 N–H and O–H groups in total. The molecule has 0 bridgehead atoms. The van der Waals surface area contributed by atoms with Crippen LogP contribution in [0.3, 0.4) is 0 Å². The van der Waals surface area contributed by atoms with E-state index in [1.54, 1.807) is 6.92 Å². The molecule has 2 atom stereocenters. The summed E-state index contributed by atoms with van der Waals surface area (Å²) in [7, 11) is 4.06. The van der Waals surface area contributed by atoms with Crippen molar-refractivity contribution in [2.45, 2.75) is 72.3 Å². The fourth-order valence-corrected chi connectivity index (χ4v) is 4.46. The number of rotatable bonds is 15. The number of halogens is 2. The van der Waals surface area contributed by atoms with Crippen molar-refractivity contribution in [1.29, 1.82) is 0 Å². The third kappa shape index (κ3) is 11.8.